The number of nitriles is 1. The highest BCUT2D eigenvalue weighted by atomic mass is 79.9. The van der Waals surface area contributed by atoms with Crippen LogP contribution in [0.5, 0.6) is 0 Å². The van der Waals surface area contributed by atoms with Crippen LogP contribution in [0.2, 0.25) is 0 Å². The van der Waals surface area contributed by atoms with Crippen molar-refractivity contribution < 1.29 is 4.79 Å². The van der Waals surface area contributed by atoms with Crippen molar-refractivity contribution >= 4 is 33.6 Å². The van der Waals surface area contributed by atoms with E-state index >= 15 is 0 Å². The zero-order valence-corrected chi connectivity index (χ0v) is 16.9. The molecular weight excluding hydrogens is 420 g/mol. The Hall–Kier alpha value is -3.37. The zero-order chi connectivity index (χ0) is 20.3. The van der Waals surface area contributed by atoms with Gasteiger partial charge in [-0.05, 0) is 42.8 Å². The van der Waals surface area contributed by atoms with Gasteiger partial charge in [-0.25, -0.2) is 4.68 Å². The van der Waals surface area contributed by atoms with Gasteiger partial charge in [-0.3, -0.25) is 14.3 Å². The SMILES string of the molecule is Cc1c(NC(=O)/C(C#N)=C\c2ccc(Br)cc2)c(=O)n(-c2ccccc2)n1C. The number of carbonyl (C=O) groups excluding carboxylic acids is 1. The van der Waals surface area contributed by atoms with Crippen LogP contribution < -0.4 is 10.9 Å². The third-order valence-corrected chi connectivity index (χ3v) is 4.87. The summed E-state index contributed by atoms with van der Waals surface area (Å²) in [5, 5.41) is 12.0. The third kappa shape index (κ3) is 3.82. The molecule has 1 aromatic heterocycles. The summed E-state index contributed by atoms with van der Waals surface area (Å²) in [6, 6.07) is 18.2. The highest BCUT2D eigenvalue weighted by Gasteiger charge is 2.19. The molecule has 0 fully saturated rings. The molecule has 28 heavy (non-hydrogen) atoms. The van der Waals surface area contributed by atoms with Gasteiger partial charge in [0.05, 0.1) is 11.4 Å². The summed E-state index contributed by atoms with van der Waals surface area (Å²) in [5.41, 5.74) is 1.68. The van der Waals surface area contributed by atoms with E-state index in [2.05, 4.69) is 21.2 Å². The Morgan fingerprint density at radius 2 is 1.79 bits per heavy atom. The van der Waals surface area contributed by atoms with Crippen molar-refractivity contribution in [3.63, 3.8) is 0 Å². The number of hydrogen-bond donors (Lipinski definition) is 1. The number of aromatic nitrogens is 2. The molecule has 0 aliphatic heterocycles. The zero-order valence-electron chi connectivity index (χ0n) is 15.3. The summed E-state index contributed by atoms with van der Waals surface area (Å²) in [6.07, 6.45) is 1.48. The average molecular weight is 437 g/mol. The van der Waals surface area contributed by atoms with Crippen LogP contribution in [0, 0.1) is 18.3 Å². The number of halogens is 1. The molecule has 0 saturated carbocycles. The maximum absolute atomic E-state index is 12.9. The van der Waals surface area contributed by atoms with Crippen LogP contribution >= 0.6 is 15.9 Å². The Balaban J connectivity index is 1.95. The number of para-hydroxylation sites is 1. The van der Waals surface area contributed by atoms with Crippen LogP contribution in [-0.4, -0.2) is 15.3 Å². The summed E-state index contributed by atoms with van der Waals surface area (Å²) < 4.78 is 4.03. The number of amides is 1. The maximum Gasteiger partial charge on any atom is 0.295 e. The smallest absolute Gasteiger partial charge is 0.295 e. The minimum atomic E-state index is -0.628. The van der Waals surface area contributed by atoms with Gasteiger partial charge in [0.1, 0.15) is 17.3 Å². The maximum atomic E-state index is 12.9. The molecule has 2 aromatic carbocycles. The molecule has 3 aromatic rings. The van der Waals surface area contributed by atoms with Crippen molar-refractivity contribution in [2.45, 2.75) is 6.92 Å². The van der Waals surface area contributed by atoms with Gasteiger partial charge in [0, 0.05) is 11.5 Å². The van der Waals surface area contributed by atoms with Gasteiger partial charge in [0.25, 0.3) is 11.5 Å². The number of rotatable bonds is 4. The van der Waals surface area contributed by atoms with Gasteiger partial charge in [-0.1, -0.05) is 46.3 Å². The standard InChI is InChI=1S/C21H17BrN4O2/c1-14-19(21(28)26(25(14)2)18-6-4-3-5-7-18)24-20(27)16(13-23)12-15-8-10-17(22)11-9-15/h3-12H,1-2H3,(H,24,27)/b16-12-. The number of hydrogen-bond acceptors (Lipinski definition) is 3. The lowest BCUT2D eigenvalue weighted by atomic mass is 10.1. The van der Waals surface area contributed by atoms with E-state index in [1.807, 2.05) is 36.4 Å². The van der Waals surface area contributed by atoms with Gasteiger partial charge in [-0.2, -0.15) is 5.26 Å². The fourth-order valence-electron chi connectivity index (χ4n) is 2.77. The lowest BCUT2D eigenvalue weighted by Gasteiger charge is -2.07. The first kappa shape index (κ1) is 19.4. The van der Waals surface area contributed by atoms with E-state index in [4.69, 9.17) is 0 Å². The fourth-order valence-corrected chi connectivity index (χ4v) is 3.03. The minimum absolute atomic E-state index is 0.0868. The van der Waals surface area contributed by atoms with Crippen molar-refractivity contribution in [1.29, 1.82) is 5.26 Å². The van der Waals surface area contributed by atoms with Crippen LogP contribution in [0.3, 0.4) is 0 Å². The number of nitrogens with zero attached hydrogens (tertiary/aromatic N) is 3. The number of carbonyl (C=O) groups is 1. The Kier molecular flexibility index (Phi) is 5.62. The summed E-state index contributed by atoms with van der Waals surface area (Å²) in [4.78, 5) is 25.5. The fraction of sp³-hybridized carbons (Fsp3) is 0.0952. The molecular formula is C21H17BrN4O2. The van der Waals surface area contributed by atoms with E-state index in [0.717, 1.165) is 4.47 Å². The van der Waals surface area contributed by atoms with Gasteiger partial charge in [0.2, 0.25) is 0 Å². The molecule has 0 aliphatic rings. The molecule has 0 aliphatic carbocycles. The molecule has 1 heterocycles. The van der Waals surface area contributed by atoms with Crippen molar-refractivity contribution in [2.24, 2.45) is 7.05 Å². The highest BCUT2D eigenvalue weighted by molar-refractivity contribution is 9.10. The Morgan fingerprint density at radius 1 is 1.14 bits per heavy atom. The first-order valence-corrected chi connectivity index (χ1v) is 9.24. The minimum Gasteiger partial charge on any atom is -0.315 e. The number of benzene rings is 2. The van der Waals surface area contributed by atoms with Gasteiger partial charge >= 0.3 is 0 Å². The predicted molar refractivity (Wildman–Crippen MR) is 112 cm³/mol. The monoisotopic (exact) mass is 436 g/mol. The third-order valence-electron chi connectivity index (χ3n) is 4.34. The van der Waals surface area contributed by atoms with E-state index in [-0.39, 0.29) is 16.8 Å². The molecule has 3 rings (SSSR count). The van der Waals surface area contributed by atoms with Crippen LogP contribution in [-0.2, 0) is 11.8 Å². The number of anilines is 1. The topological polar surface area (TPSA) is 79.8 Å². The van der Waals surface area contributed by atoms with Gasteiger partial charge in [-0.15, -0.1) is 0 Å². The van der Waals surface area contributed by atoms with Crippen molar-refractivity contribution in [1.82, 2.24) is 9.36 Å². The lowest BCUT2D eigenvalue weighted by Crippen LogP contribution is -2.23. The first-order chi connectivity index (χ1) is 13.4. The second-order valence-electron chi connectivity index (χ2n) is 6.11. The van der Waals surface area contributed by atoms with E-state index in [1.54, 1.807) is 42.9 Å². The van der Waals surface area contributed by atoms with Crippen LogP contribution in [0.15, 0.2) is 69.4 Å². The predicted octanol–water partition coefficient (Wildman–Crippen LogP) is 3.79. The molecule has 0 spiro atoms. The summed E-state index contributed by atoms with van der Waals surface area (Å²) >= 11 is 3.34. The Bertz CT molecular complexity index is 1150. The van der Waals surface area contributed by atoms with Crippen LogP contribution in [0.1, 0.15) is 11.3 Å². The van der Waals surface area contributed by atoms with Gasteiger partial charge < -0.3 is 5.32 Å². The average Bonchev–Trinajstić information content (AvgIpc) is 2.91. The summed E-state index contributed by atoms with van der Waals surface area (Å²) in [6.45, 7) is 1.74. The van der Waals surface area contributed by atoms with E-state index < -0.39 is 5.91 Å². The molecule has 7 heteroatoms. The van der Waals surface area contributed by atoms with Crippen molar-refractivity contribution in [3.05, 3.63) is 86.3 Å². The normalized spacial score (nSPS) is 11.1. The molecule has 0 bridgehead atoms. The van der Waals surface area contributed by atoms with Gasteiger partial charge in [0.15, 0.2) is 0 Å². The highest BCUT2D eigenvalue weighted by Crippen LogP contribution is 2.16. The lowest BCUT2D eigenvalue weighted by molar-refractivity contribution is -0.112. The molecule has 140 valence electrons. The molecule has 1 amide bonds. The molecule has 1 N–H and O–H groups in total. The van der Waals surface area contributed by atoms with Crippen LogP contribution in [0.4, 0.5) is 5.69 Å². The quantitative estimate of drug-likeness (QED) is 0.498. The van der Waals surface area contributed by atoms with Crippen molar-refractivity contribution in [2.75, 3.05) is 5.32 Å². The second-order valence-corrected chi connectivity index (χ2v) is 7.03. The van der Waals surface area contributed by atoms with E-state index in [0.29, 0.717) is 16.9 Å². The summed E-state index contributed by atoms with van der Waals surface area (Å²) in [5.74, 6) is -0.628. The second kappa shape index (κ2) is 8.11. The van der Waals surface area contributed by atoms with Crippen LogP contribution in [0.25, 0.3) is 11.8 Å². The Labute approximate surface area is 170 Å². The molecule has 6 nitrogen and oxygen atoms in total. The summed E-state index contributed by atoms with van der Waals surface area (Å²) in [7, 11) is 1.74. The largest absolute Gasteiger partial charge is 0.315 e. The molecule has 0 radical (unpaired) electrons. The van der Waals surface area contributed by atoms with E-state index in [1.165, 1.54) is 10.8 Å². The first-order valence-electron chi connectivity index (χ1n) is 8.45. The molecule has 0 atom stereocenters. The number of nitrogens with one attached hydrogen (secondary N) is 1. The van der Waals surface area contributed by atoms with E-state index in [9.17, 15) is 14.9 Å². The molecule has 0 saturated heterocycles. The Morgan fingerprint density at radius 3 is 2.39 bits per heavy atom. The van der Waals surface area contributed by atoms with Crippen molar-refractivity contribution in [3.8, 4) is 11.8 Å². The molecule has 0 unspecified atom stereocenters.